The molecular formula is C17H16FN3O3S. The van der Waals surface area contributed by atoms with Crippen molar-refractivity contribution in [3.63, 3.8) is 0 Å². The number of nitrogens with zero attached hydrogens (tertiary/aromatic N) is 2. The number of amides is 1. The number of fused-ring (bicyclic) bond motifs is 1. The number of nitrogens with one attached hydrogen (secondary N) is 1. The van der Waals surface area contributed by atoms with Gasteiger partial charge in [-0.2, -0.15) is 5.10 Å². The van der Waals surface area contributed by atoms with Gasteiger partial charge in [0.1, 0.15) is 10.6 Å². The van der Waals surface area contributed by atoms with Crippen molar-refractivity contribution in [2.45, 2.75) is 13.3 Å². The molecule has 0 bridgehead atoms. The number of carbonyl (C=O) groups excluding carboxylic acids is 2. The zero-order valence-electron chi connectivity index (χ0n) is 13.7. The molecule has 1 N–H and O–H groups in total. The second kappa shape index (κ2) is 7.02. The van der Waals surface area contributed by atoms with Crippen LogP contribution in [0.1, 0.15) is 21.8 Å². The number of rotatable bonds is 5. The highest BCUT2D eigenvalue weighted by Crippen LogP contribution is 2.30. The summed E-state index contributed by atoms with van der Waals surface area (Å²) in [6.07, 6.45) is 0.121. The molecule has 0 saturated heterocycles. The Bertz CT molecular complexity index is 931. The van der Waals surface area contributed by atoms with Gasteiger partial charge >= 0.3 is 5.97 Å². The number of thiophene rings is 1. The van der Waals surface area contributed by atoms with E-state index in [1.54, 1.807) is 22.9 Å². The van der Waals surface area contributed by atoms with Crippen LogP contribution >= 0.6 is 11.3 Å². The molecule has 0 saturated carbocycles. The molecule has 130 valence electrons. The molecule has 0 radical (unpaired) electrons. The Morgan fingerprint density at radius 2 is 2.04 bits per heavy atom. The van der Waals surface area contributed by atoms with Crippen LogP contribution in [0.2, 0.25) is 0 Å². The molecule has 0 aliphatic carbocycles. The van der Waals surface area contributed by atoms with Gasteiger partial charge in [-0.05, 0) is 37.3 Å². The highest BCUT2D eigenvalue weighted by Gasteiger charge is 2.17. The monoisotopic (exact) mass is 361 g/mol. The lowest BCUT2D eigenvalue weighted by Gasteiger charge is -2.03. The largest absolute Gasteiger partial charge is 0.469 e. The first-order valence-corrected chi connectivity index (χ1v) is 8.41. The normalized spacial score (nSPS) is 10.8. The number of halogens is 1. The SMILES string of the molecule is COC(=O)CCNC(=O)c1cc2c(C)nn(-c3ccc(F)cc3)c2s1. The molecule has 8 heteroatoms. The van der Waals surface area contributed by atoms with E-state index in [1.165, 1.54) is 30.6 Å². The molecule has 3 aromatic rings. The van der Waals surface area contributed by atoms with Gasteiger partial charge in [0.2, 0.25) is 0 Å². The summed E-state index contributed by atoms with van der Waals surface area (Å²) in [5, 5.41) is 8.02. The molecule has 6 nitrogen and oxygen atoms in total. The molecule has 2 heterocycles. The van der Waals surface area contributed by atoms with Crippen LogP contribution in [0.15, 0.2) is 30.3 Å². The summed E-state index contributed by atoms with van der Waals surface area (Å²) in [6, 6.07) is 7.78. The third kappa shape index (κ3) is 3.53. The standard InChI is InChI=1S/C17H16FN3O3S/c1-10-13-9-14(16(23)19-8-7-15(22)24-2)25-17(13)21(20-10)12-5-3-11(18)4-6-12/h3-6,9H,7-8H2,1-2H3,(H,19,23). The van der Waals surface area contributed by atoms with Crippen molar-refractivity contribution in [3.8, 4) is 5.69 Å². The minimum atomic E-state index is -0.376. The Morgan fingerprint density at radius 1 is 1.32 bits per heavy atom. The number of esters is 1. The Kier molecular flexibility index (Phi) is 4.80. The van der Waals surface area contributed by atoms with Crippen molar-refractivity contribution in [2.24, 2.45) is 0 Å². The average molecular weight is 361 g/mol. The van der Waals surface area contributed by atoms with E-state index in [0.29, 0.717) is 4.88 Å². The van der Waals surface area contributed by atoms with E-state index in [4.69, 9.17) is 0 Å². The van der Waals surface area contributed by atoms with Crippen LogP contribution in [-0.2, 0) is 9.53 Å². The number of carbonyl (C=O) groups is 2. The van der Waals surface area contributed by atoms with Crippen molar-refractivity contribution < 1.29 is 18.7 Å². The zero-order valence-corrected chi connectivity index (χ0v) is 14.5. The van der Waals surface area contributed by atoms with Gasteiger partial charge in [0.15, 0.2) is 0 Å². The van der Waals surface area contributed by atoms with Crippen molar-refractivity contribution in [1.82, 2.24) is 15.1 Å². The van der Waals surface area contributed by atoms with Gasteiger partial charge in [0.25, 0.3) is 5.91 Å². The molecule has 0 unspecified atom stereocenters. The maximum Gasteiger partial charge on any atom is 0.307 e. The fourth-order valence-corrected chi connectivity index (χ4v) is 3.48. The third-order valence-corrected chi connectivity index (χ3v) is 4.79. The van der Waals surface area contributed by atoms with E-state index >= 15 is 0 Å². The fourth-order valence-electron chi connectivity index (χ4n) is 2.38. The predicted octanol–water partition coefficient (Wildman–Crippen LogP) is 2.83. The topological polar surface area (TPSA) is 73.2 Å². The van der Waals surface area contributed by atoms with Crippen LogP contribution in [0, 0.1) is 12.7 Å². The smallest absolute Gasteiger partial charge is 0.307 e. The van der Waals surface area contributed by atoms with E-state index in [-0.39, 0.29) is 30.7 Å². The van der Waals surface area contributed by atoms with Crippen LogP contribution in [0.5, 0.6) is 0 Å². The van der Waals surface area contributed by atoms with E-state index in [0.717, 1.165) is 21.6 Å². The van der Waals surface area contributed by atoms with Gasteiger partial charge in [-0.1, -0.05) is 0 Å². The lowest BCUT2D eigenvalue weighted by Crippen LogP contribution is -2.25. The maximum atomic E-state index is 13.1. The molecule has 0 atom stereocenters. The second-order valence-electron chi connectivity index (χ2n) is 5.39. The van der Waals surface area contributed by atoms with Gasteiger partial charge < -0.3 is 10.1 Å². The van der Waals surface area contributed by atoms with Crippen molar-refractivity contribution >= 4 is 33.4 Å². The molecule has 2 aromatic heterocycles. The molecule has 0 aliphatic heterocycles. The first kappa shape index (κ1) is 17.1. The predicted molar refractivity (Wildman–Crippen MR) is 92.6 cm³/mol. The lowest BCUT2D eigenvalue weighted by atomic mass is 10.3. The van der Waals surface area contributed by atoms with Gasteiger partial charge in [-0.15, -0.1) is 11.3 Å². The summed E-state index contributed by atoms with van der Waals surface area (Å²) in [5.41, 5.74) is 1.50. The first-order valence-electron chi connectivity index (χ1n) is 7.59. The van der Waals surface area contributed by atoms with Crippen molar-refractivity contribution in [1.29, 1.82) is 0 Å². The second-order valence-corrected chi connectivity index (χ2v) is 6.42. The summed E-state index contributed by atoms with van der Waals surface area (Å²) in [4.78, 5) is 24.7. The van der Waals surface area contributed by atoms with Crippen LogP contribution in [0.25, 0.3) is 15.9 Å². The highest BCUT2D eigenvalue weighted by molar-refractivity contribution is 7.20. The molecule has 25 heavy (non-hydrogen) atoms. The minimum absolute atomic E-state index is 0.121. The van der Waals surface area contributed by atoms with E-state index in [1.807, 2.05) is 6.92 Å². The summed E-state index contributed by atoms with van der Waals surface area (Å²) in [7, 11) is 1.31. The number of hydrogen-bond donors (Lipinski definition) is 1. The van der Waals surface area contributed by atoms with E-state index in [2.05, 4.69) is 15.2 Å². The molecule has 0 aliphatic rings. The van der Waals surface area contributed by atoms with Crippen LogP contribution < -0.4 is 5.32 Å². The molecule has 0 spiro atoms. The van der Waals surface area contributed by atoms with Crippen LogP contribution in [0.4, 0.5) is 4.39 Å². The Labute approximate surface area is 147 Å². The number of methoxy groups -OCH3 is 1. The summed E-state index contributed by atoms with van der Waals surface area (Å²) >= 11 is 1.29. The molecule has 0 fully saturated rings. The first-order chi connectivity index (χ1) is 12.0. The highest BCUT2D eigenvalue weighted by atomic mass is 32.1. The zero-order chi connectivity index (χ0) is 18.0. The van der Waals surface area contributed by atoms with Crippen molar-refractivity contribution in [2.75, 3.05) is 13.7 Å². The van der Waals surface area contributed by atoms with E-state index < -0.39 is 0 Å². The summed E-state index contributed by atoms with van der Waals surface area (Å²) in [6.45, 7) is 2.07. The molecule has 3 rings (SSSR count). The summed E-state index contributed by atoms with van der Waals surface area (Å²) in [5.74, 6) is -0.949. The average Bonchev–Trinajstić information content (AvgIpc) is 3.16. The molecule has 1 amide bonds. The number of aromatic nitrogens is 2. The van der Waals surface area contributed by atoms with Crippen LogP contribution in [0.3, 0.4) is 0 Å². The lowest BCUT2D eigenvalue weighted by molar-refractivity contribution is -0.140. The Balaban J connectivity index is 1.85. The number of hydrogen-bond acceptors (Lipinski definition) is 5. The summed E-state index contributed by atoms with van der Waals surface area (Å²) < 4.78 is 19.4. The fraction of sp³-hybridized carbons (Fsp3) is 0.235. The van der Waals surface area contributed by atoms with E-state index in [9.17, 15) is 14.0 Å². The number of benzene rings is 1. The number of ether oxygens (including phenoxy) is 1. The minimum Gasteiger partial charge on any atom is -0.469 e. The third-order valence-electron chi connectivity index (χ3n) is 3.68. The molecule has 1 aromatic carbocycles. The Hall–Kier alpha value is -2.74. The van der Waals surface area contributed by atoms with Gasteiger partial charge in [-0.25, -0.2) is 9.07 Å². The quantitative estimate of drug-likeness (QED) is 0.709. The van der Waals surface area contributed by atoms with Crippen molar-refractivity contribution in [3.05, 3.63) is 46.7 Å². The molecular weight excluding hydrogens is 345 g/mol. The number of aryl methyl sites for hydroxylation is 1. The van der Waals surface area contributed by atoms with Crippen LogP contribution in [-0.4, -0.2) is 35.3 Å². The van der Waals surface area contributed by atoms with Gasteiger partial charge in [0, 0.05) is 11.9 Å². The van der Waals surface area contributed by atoms with Gasteiger partial charge in [-0.3, -0.25) is 9.59 Å². The Morgan fingerprint density at radius 3 is 2.72 bits per heavy atom. The maximum absolute atomic E-state index is 13.1. The van der Waals surface area contributed by atoms with Gasteiger partial charge in [0.05, 0.1) is 29.8 Å².